The molecule has 0 aliphatic rings. The van der Waals surface area contributed by atoms with Crippen LogP contribution in [0.15, 0.2) is 39.9 Å². The molecule has 0 aliphatic heterocycles. The minimum Gasteiger partial charge on any atom is -0.510 e. The molecule has 0 heterocycles. The van der Waals surface area contributed by atoms with Gasteiger partial charge >= 0.3 is 0 Å². The fourth-order valence-electron chi connectivity index (χ4n) is 1.19. The molecule has 0 amide bonds. The minimum absolute atomic E-state index is 0.0245. The number of nitro groups is 1. The molecule has 0 saturated carbocycles. The van der Waals surface area contributed by atoms with E-state index >= 15 is 0 Å². The van der Waals surface area contributed by atoms with Gasteiger partial charge in [0.15, 0.2) is 11.5 Å². The number of allylic oxidation sites excluding steroid dienone is 2. The van der Waals surface area contributed by atoms with Crippen LogP contribution in [0.2, 0.25) is 5.02 Å². The second kappa shape index (κ2) is 6.05. The van der Waals surface area contributed by atoms with E-state index in [1.807, 2.05) is 0 Å². The van der Waals surface area contributed by atoms with Crippen LogP contribution in [0.3, 0.4) is 0 Å². The summed E-state index contributed by atoms with van der Waals surface area (Å²) in [7, 11) is 0. The molecular formula is C11H10ClN3O4. The smallest absolute Gasteiger partial charge is 0.271 e. The number of hydrogen-bond donors (Lipinski definition) is 1. The van der Waals surface area contributed by atoms with Crippen LogP contribution in [0.4, 0.5) is 11.4 Å². The summed E-state index contributed by atoms with van der Waals surface area (Å²) in [5.74, 6) is -0.726. The van der Waals surface area contributed by atoms with Crippen LogP contribution in [0, 0.1) is 10.1 Å². The lowest BCUT2D eigenvalue weighted by Crippen LogP contribution is -1.96. The first-order valence-electron chi connectivity index (χ1n) is 5.09. The molecule has 0 saturated heterocycles. The number of benzene rings is 1. The number of ketones is 1. The van der Waals surface area contributed by atoms with Gasteiger partial charge in [0.05, 0.1) is 9.95 Å². The lowest BCUT2D eigenvalue weighted by Gasteiger charge is -1.99. The Morgan fingerprint density at radius 2 is 2.05 bits per heavy atom. The van der Waals surface area contributed by atoms with Crippen LogP contribution >= 0.6 is 11.6 Å². The van der Waals surface area contributed by atoms with E-state index in [1.54, 1.807) is 0 Å². The maximum atomic E-state index is 11.1. The highest BCUT2D eigenvalue weighted by molar-refractivity contribution is 6.33. The van der Waals surface area contributed by atoms with Crippen molar-refractivity contribution in [3.63, 3.8) is 0 Å². The lowest BCUT2D eigenvalue weighted by molar-refractivity contribution is -0.384. The third-order valence-electron chi connectivity index (χ3n) is 2.08. The second-order valence-corrected chi connectivity index (χ2v) is 3.99. The van der Waals surface area contributed by atoms with Gasteiger partial charge in [-0.15, -0.1) is 10.2 Å². The molecular weight excluding hydrogens is 274 g/mol. The predicted octanol–water partition coefficient (Wildman–Crippen LogP) is 3.71. The quantitative estimate of drug-likeness (QED) is 0.299. The number of azo groups is 1. The molecule has 0 radical (unpaired) electrons. The monoisotopic (exact) mass is 283 g/mol. The average molecular weight is 284 g/mol. The number of rotatable bonds is 4. The van der Waals surface area contributed by atoms with Gasteiger partial charge in [-0.3, -0.25) is 14.9 Å². The Labute approximate surface area is 113 Å². The highest BCUT2D eigenvalue weighted by Crippen LogP contribution is 2.29. The molecule has 19 heavy (non-hydrogen) atoms. The Bertz CT molecular complexity index is 592. The van der Waals surface area contributed by atoms with Gasteiger partial charge in [-0.25, -0.2) is 0 Å². The summed E-state index contributed by atoms with van der Waals surface area (Å²) in [4.78, 5) is 21.1. The minimum atomic E-state index is -0.592. The summed E-state index contributed by atoms with van der Waals surface area (Å²) in [5, 5.41) is 27.0. The van der Waals surface area contributed by atoms with E-state index in [0.717, 1.165) is 6.07 Å². The molecule has 0 fully saturated rings. The van der Waals surface area contributed by atoms with Gasteiger partial charge in [0, 0.05) is 19.1 Å². The molecule has 0 aliphatic carbocycles. The highest BCUT2D eigenvalue weighted by Gasteiger charge is 2.10. The number of carbonyl (C=O) groups excluding carboxylic acids is 1. The first-order chi connectivity index (χ1) is 8.82. The number of non-ortho nitro benzene ring substituents is 1. The van der Waals surface area contributed by atoms with Crippen LogP contribution in [-0.2, 0) is 4.79 Å². The number of halogens is 1. The zero-order valence-corrected chi connectivity index (χ0v) is 10.9. The van der Waals surface area contributed by atoms with Crippen LogP contribution < -0.4 is 0 Å². The van der Waals surface area contributed by atoms with Crippen LogP contribution in [0.1, 0.15) is 13.8 Å². The van der Waals surface area contributed by atoms with Crippen molar-refractivity contribution >= 4 is 28.8 Å². The molecule has 0 unspecified atom stereocenters. The zero-order valence-electron chi connectivity index (χ0n) is 10.1. The molecule has 1 rings (SSSR count). The van der Waals surface area contributed by atoms with Crippen molar-refractivity contribution in [3.8, 4) is 0 Å². The fourth-order valence-corrected chi connectivity index (χ4v) is 1.40. The zero-order chi connectivity index (χ0) is 14.6. The Morgan fingerprint density at radius 1 is 1.42 bits per heavy atom. The van der Waals surface area contributed by atoms with Gasteiger partial charge in [0.1, 0.15) is 11.4 Å². The van der Waals surface area contributed by atoms with Crippen molar-refractivity contribution in [1.82, 2.24) is 0 Å². The normalized spacial score (nSPS) is 12.4. The molecule has 0 atom stereocenters. The molecule has 1 aromatic rings. The number of aliphatic hydroxyl groups excluding tert-OH is 1. The van der Waals surface area contributed by atoms with E-state index in [-0.39, 0.29) is 27.9 Å². The van der Waals surface area contributed by atoms with Gasteiger partial charge < -0.3 is 5.11 Å². The first kappa shape index (κ1) is 14.8. The first-order valence-corrected chi connectivity index (χ1v) is 5.47. The van der Waals surface area contributed by atoms with Crippen molar-refractivity contribution in [2.24, 2.45) is 10.2 Å². The van der Waals surface area contributed by atoms with Crippen molar-refractivity contribution in [3.05, 3.63) is 44.8 Å². The number of Topliss-reactive ketones (excluding diaryl/α,β-unsaturated/α-hetero) is 1. The van der Waals surface area contributed by atoms with Crippen LogP contribution in [0.5, 0.6) is 0 Å². The molecule has 1 aromatic carbocycles. The van der Waals surface area contributed by atoms with Gasteiger partial charge in [-0.05, 0) is 13.0 Å². The second-order valence-electron chi connectivity index (χ2n) is 3.58. The highest BCUT2D eigenvalue weighted by atomic mass is 35.5. The van der Waals surface area contributed by atoms with E-state index in [4.69, 9.17) is 11.6 Å². The predicted molar refractivity (Wildman–Crippen MR) is 68.6 cm³/mol. The van der Waals surface area contributed by atoms with Crippen molar-refractivity contribution in [2.75, 3.05) is 0 Å². The number of hydrogen-bond acceptors (Lipinski definition) is 6. The van der Waals surface area contributed by atoms with E-state index in [0.29, 0.717) is 0 Å². The summed E-state index contributed by atoms with van der Waals surface area (Å²) < 4.78 is 0. The molecule has 1 N–H and O–H groups in total. The van der Waals surface area contributed by atoms with Gasteiger partial charge in [-0.2, -0.15) is 0 Å². The average Bonchev–Trinajstić information content (AvgIpc) is 2.29. The van der Waals surface area contributed by atoms with E-state index in [1.165, 1.54) is 26.0 Å². The van der Waals surface area contributed by atoms with Crippen LogP contribution in [-0.4, -0.2) is 15.8 Å². The van der Waals surface area contributed by atoms with Crippen molar-refractivity contribution in [2.45, 2.75) is 13.8 Å². The van der Waals surface area contributed by atoms with E-state index in [9.17, 15) is 20.0 Å². The standard InChI is InChI=1S/C11H10ClN3O4/c1-6(16)11(7(2)17)14-13-10-4-3-8(15(18)19)5-9(10)12/h3-5,16H,1-2H3. The molecule has 8 heteroatoms. The van der Waals surface area contributed by atoms with Gasteiger partial charge in [0.25, 0.3) is 5.69 Å². The summed E-state index contributed by atoms with van der Waals surface area (Å²) in [6.07, 6.45) is 0. The Morgan fingerprint density at radius 3 is 2.47 bits per heavy atom. The summed E-state index contributed by atoms with van der Waals surface area (Å²) in [5.41, 5.74) is -0.216. The number of aliphatic hydroxyl groups is 1. The van der Waals surface area contributed by atoms with Crippen LogP contribution in [0.25, 0.3) is 0 Å². The van der Waals surface area contributed by atoms with E-state index in [2.05, 4.69) is 10.2 Å². The van der Waals surface area contributed by atoms with Gasteiger partial charge in [-0.1, -0.05) is 11.6 Å². The summed E-state index contributed by atoms with van der Waals surface area (Å²) in [6.45, 7) is 2.53. The van der Waals surface area contributed by atoms with E-state index < -0.39 is 10.7 Å². The maximum absolute atomic E-state index is 11.1. The molecule has 0 spiro atoms. The largest absolute Gasteiger partial charge is 0.510 e. The number of nitrogens with zero attached hydrogens (tertiary/aromatic N) is 3. The Kier molecular flexibility index (Phi) is 4.71. The maximum Gasteiger partial charge on any atom is 0.271 e. The third kappa shape index (κ3) is 3.85. The van der Waals surface area contributed by atoms with Crippen molar-refractivity contribution < 1.29 is 14.8 Å². The number of carbonyl (C=O) groups is 1. The molecule has 7 nitrogen and oxygen atoms in total. The van der Waals surface area contributed by atoms with Gasteiger partial charge in [0.2, 0.25) is 0 Å². The summed E-state index contributed by atoms with van der Waals surface area (Å²) in [6, 6.07) is 3.64. The molecule has 100 valence electrons. The molecule has 0 bridgehead atoms. The van der Waals surface area contributed by atoms with Crippen molar-refractivity contribution in [1.29, 1.82) is 0 Å². The molecule has 0 aromatic heterocycles. The topological polar surface area (TPSA) is 105 Å². The number of nitro benzene ring substituents is 1. The fraction of sp³-hybridized carbons (Fsp3) is 0.182. The third-order valence-corrected chi connectivity index (χ3v) is 2.38. The Hall–Kier alpha value is -2.28. The summed E-state index contributed by atoms with van der Waals surface area (Å²) >= 11 is 5.79. The lowest BCUT2D eigenvalue weighted by atomic mass is 10.3. The SMILES string of the molecule is CC(=O)C(N=Nc1ccc([N+](=O)[O-])cc1Cl)=C(C)O. The Balaban J connectivity index is 3.10.